The molecule has 9 aromatic carbocycles. The SMILES string of the molecule is [2H]c1c([2H])c([2H])c(-c2ccc3c4c(cccc24)-c2cc(-c4c([2H])c([2H])c(-c5cccc6c5c5ccc7ccccc7c5n6-c5ccccc5)c([2H])c4[2H])ccc2O3)c([2H])c1[2H]. The molecular weight excluding hydrogens is 631 g/mol. The predicted molar refractivity (Wildman–Crippen MR) is 218 cm³/mol. The van der Waals surface area contributed by atoms with Gasteiger partial charge in [-0.05, 0) is 86.1 Å². The van der Waals surface area contributed by atoms with Crippen molar-refractivity contribution in [2.45, 2.75) is 0 Å². The van der Waals surface area contributed by atoms with Gasteiger partial charge in [-0.15, -0.1) is 0 Å². The van der Waals surface area contributed by atoms with Crippen molar-refractivity contribution in [3.63, 3.8) is 0 Å². The van der Waals surface area contributed by atoms with Gasteiger partial charge in [0.15, 0.2) is 0 Å². The molecule has 0 amide bonds. The molecule has 2 nitrogen and oxygen atoms in total. The topological polar surface area (TPSA) is 14.2 Å². The maximum absolute atomic E-state index is 9.52. The van der Waals surface area contributed by atoms with Gasteiger partial charge < -0.3 is 9.30 Å². The lowest BCUT2D eigenvalue weighted by Crippen LogP contribution is -1.98. The Morgan fingerprint density at radius 2 is 1.15 bits per heavy atom. The number of aromatic nitrogens is 1. The first-order valence-electron chi connectivity index (χ1n) is 21.6. The summed E-state index contributed by atoms with van der Waals surface area (Å²) in [5.41, 5.74) is 6.24. The summed E-state index contributed by atoms with van der Waals surface area (Å²) in [6, 6.07) is 40.1. The molecule has 1 aliphatic heterocycles. The molecule has 52 heavy (non-hydrogen) atoms. The second-order valence-electron chi connectivity index (χ2n) is 13.0. The minimum absolute atomic E-state index is 0.0895. The maximum atomic E-state index is 9.52. The highest BCUT2D eigenvalue weighted by Gasteiger charge is 2.23. The first-order chi connectivity index (χ1) is 29.5. The Morgan fingerprint density at radius 1 is 0.423 bits per heavy atom. The third kappa shape index (κ3) is 4.31. The van der Waals surface area contributed by atoms with E-state index >= 15 is 0 Å². The summed E-state index contributed by atoms with van der Waals surface area (Å²) in [5.74, 6) is 1.06. The summed E-state index contributed by atoms with van der Waals surface area (Å²) in [6.07, 6.45) is 0. The molecule has 0 saturated heterocycles. The third-order valence-electron chi connectivity index (χ3n) is 10.1. The number of benzene rings is 9. The molecule has 0 radical (unpaired) electrons. The summed E-state index contributed by atoms with van der Waals surface area (Å²) >= 11 is 0. The second kappa shape index (κ2) is 11.3. The van der Waals surface area contributed by atoms with Crippen LogP contribution < -0.4 is 4.74 Å². The maximum Gasteiger partial charge on any atom is 0.135 e. The van der Waals surface area contributed by atoms with Gasteiger partial charge in [-0.1, -0.05) is 151 Å². The zero-order valence-corrected chi connectivity index (χ0v) is 27.6. The van der Waals surface area contributed by atoms with Gasteiger partial charge in [-0.3, -0.25) is 0 Å². The normalized spacial score (nSPS) is 14.4. The van der Waals surface area contributed by atoms with Crippen LogP contribution in [0.1, 0.15) is 12.3 Å². The number of hydrogen-bond donors (Lipinski definition) is 0. The lowest BCUT2D eigenvalue weighted by Gasteiger charge is -2.23. The Morgan fingerprint density at radius 3 is 2.04 bits per heavy atom. The van der Waals surface area contributed by atoms with E-state index in [9.17, 15) is 5.48 Å². The first kappa shape index (κ1) is 21.3. The Labute approximate surface area is 314 Å². The molecule has 10 aromatic rings. The predicted octanol–water partition coefficient (Wildman–Crippen LogP) is 13.9. The lowest BCUT2D eigenvalue weighted by molar-refractivity contribution is 0.487. The van der Waals surface area contributed by atoms with Crippen LogP contribution in [0.4, 0.5) is 0 Å². The summed E-state index contributed by atoms with van der Waals surface area (Å²) in [5, 5.41) is 5.22. The molecule has 2 heteroatoms. The fourth-order valence-corrected chi connectivity index (χ4v) is 7.86. The van der Waals surface area contributed by atoms with Crippen LogP contribution >= 0.6 is 0 Å². The van der Waals surface area contributed by atoms with Gasteiger partial charge in [0.2, 0.25) is 0 Å². The van der Waals surface area contributed by atoms with Crippen molar-refractivity contribution in [3.8, 4) is 61.7 Å². The smallest absolute Gasteiger partial charge is 0.135 e. The summed E-state index contributed by atoms with van der Waals surface area (Å²) < 4.78 is 88.6. The van der Waals surface area contributed by atoms with Crippen LogP contribution in [0.5, 0.6) is 11.5 Å². The highest BCUT2D eigenvalue weighted by atomic mass is 16.5. The van der Waals surface area contributed by atoms with Crippen molar-refractivity contribution in [3.05, 3.63) is 188 Å². The van der Waals surface area contributed by atoms with Crippen LogP contribution in [-0.4, -0.2) is 4.57 Å². The van der Waals surface area contributed by atoms with Crippen LogP contribution in [0.25, 0.3) is 93.5 Å². The van der Waals surface area contributed by atoms with Gasteiger partial charge in [-0.25, -0.2) is 0 Å². The first-order valence-corrected chi connectivity index (χ1v) is 17.1. The quantitative estimate of drug-likeness (QED) is 0.182. The summed E-state index contributed by atoms with van der Waals surface area (Å²) in [7, 11) is 0. The zero-order chi connectivity index (χ0) is 42.0. The number of nitrogens with zero attached hydrogens (tertiary/aromatic N) is 1. The molecule has 0 saturated carbocycles. The minimum atomic E-state index is -0.463. The van der Waals surface area contributed by atoms with Crippen LogP contribution in [-0.2, 0) is 0 Å². The van der Waals surface area contributed by atoms with E-state index in [-0.39, 0.29) is 52.9 Å². The fraction of sp³-hybridized carbons (Fsp3) is 0. The van der Waals surface area contributed by atoms with E-state index in [2.05, 4.69) is 41.0 Å². The van der Waals surface area contributed by atoms with Gasteiger partial charge in [0.25, 0.3) is 0 Å². The fourth-order valence-electron chi connectivity index (χ4n) is 7.86. The van der Waals surface area contributed by atoms with Crippen molar-refractivity contribution in [1.29, 1.82) is 0 Å². The lowest BCUT2D eigenvalue weighted by atomic mass is 9.89. The van der Waals surface area contributed by atoms with Crippen LogP contribution in [0.2, 0.25) is 0 Å². The van der Waals surface area contributed by atoms with Crippen molar-refractivity contribution < 1.29 is 17.1 Å². The van der Waals surface area contributed by atoms with Crippen LogP contribution in [0, 0.1) is 0 Å². The van der Waals surface area contributed by atoms with E-state index in [0.29, 0.717) is 44.5 Å². The number of rotatable bonds is 4. The highest BCUT2D eigenvalue weighted by molar-refractivity contribution is 6.22. The number of fused-ring (bicyclic) bond motifs is 7. The van der Waals surface area contributed by atoms with Gasteiger partial charge in [0, 0.05) is 32.8 Å². The Bertz CT molecular complexity index is 3500. The molecule has 0 atom stereocenters. The van der Waals surface area contributed by atoms with E-state index in [1.807, 2.05) is 72.8 Å². The van der Waals surface area contributed by atoms with E-state index in [0.717, 1.165) is 43.8 Å². The minimum Gasteiger partial charge on any atom is -0.456 e. The monoisotopic (exact) mass is 670 g/mol. The third-order valence-corrected chi connectivity index (χ3v) is 10.1. The summed E-state index contributed by atoms with van der Waals surface area (Å²) in [6.45, 7) is 0. The number of para-hydroxylation sites is 1. The van der Waals surface area contributed by atoms with Crippen molar-refractivity contribution >= 4 is 43.4 Å². The summed E-state index contributed by atoms with van der Waals surface area (Å²) in [4.78, 5) is 0. The molecule has 2 heterocycles. The molecule has 0 unspecified atom stereocenters. The van der Waals surface area contributed by atoms with Crippen molar-refractivity contribution in [1.82, 2.24) is 4.57 Å². The standard InChI is InChI=1S/C50H31NO/c1-3-11-33(12-4-1)38-28-30-47-49-41(38)18-9-19-42(49)44-31-36(26-29-46(44)52-47)32-21-23-35(24-22-32)39-17-10-20-45-48(39)43-27-25-34-13-7-8-16-40(34)50(43)51(45)37-14-5-2-6-15-37/h1-31H/i1D,3D,4D,11D,12D,21D,22D,23D,24D. The highest BCUT2D eigenvalue weighted by Crippen LogP contribution is 2.50. The molecule has 1 aromatic heterocycles. The number of hydrogen-bond acceptors (Lipinski definition) is 1. The molecule has 0 bridgehead atoms. The second-order valence-corrected chi connectivity index (χ2v) is 13.0. The molecule has 0 spiro atoms. The van der Waals surface area contributed by atoms with Gasteiger partial charge in [0.1, 0.15) is 11.5 Å². The Hall–Kier alpha value is -6.90. The van der Waals surface area contributed by atoms with Crippen LogP contribution in [0.15, 0.2) is 188 Å². The molecule has 0 aliphatic carbocycles. The zero-order valence-electron chi connectivity index (χ0n) is 36.6. The molecule has 242 valence electrons. The van der Waals surface area contributed by atoms with E-state index < -0.39 is 18.1 Å². The average Bonchev–Trinajstić information content (AvgIpc) is 3.64. The molecule has 0 N–H and O–H groups in total. The van der Waals surface area contributed by atoms with Gasteiger partial charge in [0.05, 0.1) is 23.4 Å². The van der Waals surface area contributed by atoms with Crippen molar-refractivity contribution in [2.75, 3.05) is 0 Å². The molecule has 0 fully saturated rings. The molecular formula is C50H31NO. The number of ether oxygens (including phenoxy) is 1. The van der Waals surface area contributed by atoms with Crippen LogP contribution in [0.3, 0.4) is 0 Å². The van der Waals surface area contributed by atoms with Crippen molar-refractivity contribution in [2.24, 2.45) is 0 Å². The largest absolute Gasteiger partial charge is 0.456 e. The Kier molecular flexibility index (Phi) is 4.64. The molecule has 11 rings (SSSR count). The van der Waals surface area contributed by atoms with E-state index in [1.165, 1.54) is 0 Å². The van der Waals surface area contributed by atoms with E-state index in [1.54, 1.807) is 24.3 Å². The van der Waals surface area contributed by atoms with Gasteiger partial charge >= 0.3 is 0 Å². The average molecular weight is 671 g/mol. The van der Waals surface area contributed by atoms with Gasteiger partial charge in [-0.2, -0.15) is 0 Å². The van der Waals surface area contributed by atoms with E-state index in [4.69, 9.17) is 11.6 Å². The molecule has 1 aliphatic rings. The Balaban J connectivity index is 1.10.